The highest BCUT2D eigenvalue weighted by Gasteiger charge is 2.29. The molecule has 148 valence electrons. The van der Waals surface area contributed by atoms with Crippen molar-refractivity contribution in [2.45, 2.75) is 39.3 Å². The van der Waals surface area contributed by atoms with Crippen molar-refractivity contribution in [3.63, 3.8) is 0 Å². The highest BCUT2D eigenvalue weighted by atomic mass is 28.4. The summed E-state index contributed by atoms with van der Waals surface area (Å²) in [6.07, 6.45) is 1.33. The van der Waals surface area contributed by atoms with Gasteiger partial charge in [0.15, 0.2) is 0 Å². The molecule has 0 heterocycles. The second-order valence-corrected chi connectivity index (χ2v) is 9.33. The lowest BCUT2D eigenvalue weighted by Gasteiger charge is -2.25. The van der Waals surface area contributed by atoms with E-state index in [0.29, 0.717) is 32.8 Å². The second kappa shape index (κ2) is 13.7. The van der Waals surface area contributed by atoms with E-state index in [1.165, 1.54) is 0 Å². The molecule has 0 aromatic heterocycles. The Morgan fingerprint density at radius 1 is 1.04 bits per heavy atom. The van der Waals surface area contributed by atoms with Gasteiger partial charge in [-0.25, -0.2) is 0 Å². The first-order valence-electron chi connectivity index (χ1n) is 9.41. The van der Waals surface area contributed by atoms with Gasteiger partial charge in [0.25, 0.3) is 0 Å². The summed E-state index contributed by atoms with van der Waals surface area (Å²) in [5.41, 5.74) is 0. The van der Waals surface area contributed by atoms with Crippen molar-refractivity contribution in [1.29, 1.82) is 0 Å². The van der Waals surface area contributed by atoms with Crippen LogP contribution in [0.4, 0.5) is 0 Å². The molecular weight excluding hydrogens is 350 g/mol. The van der Waals surface area contributed by atoms with Crippen LogP contribution in [0.3, 0.4) is 0 Å². The van der Waals surface area contributed by atoms with Gasteiger partial charge in [-0.05, 0) is 51.5 Å². The molecule has 0 saturated heterocycles. The van der Waals surface area contributed by atoms with E-state index < -0.39 is 8.56 Å². The van der Waals surface area contributed by atoms with Crippen molar-refractivity contribution < 1.29 is 23.1 Å². The smallest absolute Gasteiger partial charge is 0.334 e. The predicted molar refractivity (Wildman–Crippen MR) is 105 cm³/mol. The van der Waals surface area contributed by atoms with Crippen LogP contribution in [0.1, 0.15) is 26.7 Å². The van der Waals surface area contributed by atoms with Gasteiger partial charge >= 0.3 is 14.5 Å². The zero-order valence-corrected chi connectivity index (χ0v) is 17.3. The van der Waals surface area contributed by atoms with Crippen LogP contribution in [0.25, 0.3) is 0 Å². The fourth-order valence-corrected chi connectivity index (χ4v) is 4.96. The molecular formula is C19H33NO5Si. The summed E-state index contributed by atoms with van der Waals surface area (Å²) in [5.74, 6) is 0.567. The van der Waals surface area contributed by atoms with Gasteiger partial charge in [-0.2, -0.15) is 0 Å². The van der Waals surface area contributed by atoms with Crippen LogP contribution in [-0.4, -0.2) is 54.0 Å². The Kier molecular flexibility index (Phi) is 12.0. The van der Waals surface area contributed by atoms with Crippen LogP contribution in [-0.2, 0) is 18.4 Å². The third-order valence-corrected chi connectivity index (χ3v) is 6.81. The molecule has 1 rings (SSSR count). The van der Waals surface area contributed by atoms with Gasteiger partial charge in [0.05, 0.1) is 6.42 Å². The van der Waals surface area contributed by atoms with E-state index in [2.05, 4.69) is 11.9 Å². The molecule has 0 aliphatic carbocycles. The van der Waals surface area contributed by atoms with Crippen LogP contribution in [0.5, 0.6) is 5.75 Å². The van der Waals surface area contributed by atoms with Crippen molar-refractivity contribution in [3.05, 3.63) is 30.3 Å². The van der Waals surface area contributed by atoms with E-state index in [-0.39, 0.29) is 12.6 Å². The number of hydrogen-bond donors (Lipinski definition) is 1. The standard InChI is InChI=1S/C19H33NO5Si/c1-4-24-26(3,25-5-2)17-9-13-20-14-12-19(21)23-16-15-22-18-10-7-6-8-11-18/h6-8,10-11,20H,4-5,9,12-17H2,1-3H3. The van der Waals surface area contributed by atoms with Crippen molar-refractivity contribution in [2.24, 2.45) is 0 Å². The topological polar surface area (TPSA) is 66.0 Å². The van der Waals surface area contributed by atoms with Gasteiger partial charge < -0.3 is 23.6 Å². The number of nitrogens with one attached hydrogen (secondary N) is 1. The number of ether oxygens (including phenoxy) is 2. The van der Waals surface area contributed by atoms with Gasteiger partial charge in [-0.3, -0.25) is 4.79 Å². The highest BCUT2D eigenvalue weighted by Crippen LogP contribution is 2.15. The molecule has 0 amide bonds. The molecule has 0 spiro atoms. The monoisotopic (exact) mass is 383 g/mol. The van der Waals surface area contributed by atoms with E-state index in [1.807, 2.05) is 44.2 Å². The Bertz CT molecular complexity index is 480. The lowest BCUT2D eigenvalue weighted by Crippen LogP contribution is -2.39. The molecule has 0 radical (unpaired) electrons. The van der Waals surface area contributed by atoms with Crippen LogP contribution >= 0.6 is 0 Å². The second-order valence-electron chi connectivity index (χ2n) is 5.99. The quantitative estimate of drug-likeness (QED) is 0.285. The zero-order valence-electron chi connectivity index (χ0n) is 16.3. The average molecular weight is 384 g/mol. The summed E-state index contributed by atoms with van der Waals surface area (Å²) in [6.45, 7) is 9.56. The molecule has 26 heavy (non-hydrogen) atoms. The van der Waals surface area contributed by atoms with Crippen molar-refractivity contribution in [2.75, 3.05) is 39.5 Å². The van der Waals surface area contributed by atoms with E-state index in [1.54, 1.807) is 0 Å². The molecule has 0 atom stereocenters. The van der Waals surface area contributed by atoms with Gasteiger partial charge in [0.1, 0.15) is 19.0 Å². The fraction of sp³-hybridized carbons (Fsp3) is 0.632. The number of rotatable bonds is 15. The SMILES string of the molecule is CCO[Si](C)(CCCNCCC(=O)OCCOc1ccccc1)OCC. The summed E-state index contributed by atoms with van der Waals surface area (Å²) < 4.78 is 22.2. The lowest BCUT2D eigenvalue weighted by atomic mass is 10.3. The Balaban J connectivity index is 2.00. The minimum absolute atomic E-state index is 0.211. The van der Waals surface area contributed by atoms with Crippen LogP contribution in [0, 0.1) is 0 Å². The van der Waals surface area contributed by atoms with E-state index >= 15 is 0 Å². The number of para-hydroxylation sites is 1. The van der Waals surface area contributed by atoms with Crippen molar-refractivity contribution in [1.82, 2.24) is 5.32 Å². The molecule has 0 unspecified atom stereocenters. The molecule has 1 aromatic carbocycles. The molecule has 0 aliphatic rings. The normalized spacial score (nSPS) is 11.3. The summed E-state index contributed by atoms with van der Waals surface area (Å²) in [5, 5.41) is 3.27. The van der Waals surface area contributed by atoms with E-state index in [0.717, 1.165) is 24.8 Å². The number of carbonyl (C=O) groups excluding carboxylic acids is 1. The molecule has 6 nitrogen and oxygen atoms in total. The first-order valence-corrected chi connectivity index (χ1v) is 11.9. The Morgan fingerprint density at radius 3 is 2.38 bits per heavy atom. The summed E-state index contributed by atoms with van der Waals surface area (Å²) >= 11 is 0. The minimum atomic E-state index is -2.03. The molecule has 0 aliphatic heterocycles. The van der Waals surface area contributed by atoms with E-state index in [9.17, 15) is 4.79 Å². The fourth-order valence-electron chi connectivity index (χ4n) is 2.55. The zero-order chi connectivity index (χ0) is 19.1. The number of esters is 1. The van der Waals surface area contributed by atoms with Crippen LogP contribution in [0.2, 0.25) is 12.6 Å². The van der Waals surface area contributed by atoms with Crippen molar-refractivity contribution >= 4 is 14.5 Å². The molecule has 0 saturated carbocycles. The maximum absolute atomic E-state index is 11.7. The number of carbonyl (C=O) groups is 1. The molecule has 0 fully saturated rings. The van der Waals surface area contributed by atoms with Gasteiger partial charge in [-0.15, -0.1) is 0 Å². The highest BCUT2D eigenvalue weighted by molar-refractivity contribution is 6.66. The summed E-state index contributed by atoms with van der Waals surface area (Å²) in [4.78, 5) is 11.7. The molecule has 7 heteroatoms. The molecule has 0 bridgehead atoms. The van der Waals surface area contributed by atoms with Crippen LogP contribution in [0.15, 0.2) is 30.3 Å². The maximum atomic E-state index is 11.7. The predicted octanol–water partition coefficient (Wildman–Crippen LogP) is 3.12. The van der Waals surface area contributed by atoms with E-state index in [4.69, 9.17) is 18.3 Å². The van der Waals surface area contributed by atoms with Crippen LogP contribution < -0.4 is 10.1 Å². The maximum Gasteiger partial charge on any atom is 0.334 e. The van der Waals surface area contributed by atoms with Gasteiger partial charge in [0, 0.05) is 19.8 Å². The summed E-state index contributed by atoms with van der Waals surface area (Å²) in [6, 6.07) is 10.4. The number of hydrogen-bond acceptors (Lipinski definition) is 6. The lowest BCUT2D eigenvalue weighted by molar-refractivity contribution is -0.144. The first kappa shape index (κ1) is 22.6. The Morgan fingerprint density at radius 2 is 1.73 bits per heavy atom. The first-order chi connectivity index (χ1) is 12.6. The van der Waals surface area contributed by atoms with Gasteiger partial charge in [-0.1, -0.05) is 18.2 Å². The Labute approximate surface area is 158 Å². The van der Waals surface area contributed by atoms with Crippen molar-refractivity contribution in [3.8, 4) is 5.75 Å². The molecule has 1 N–H and O–H groups in total. The Hall–Kier alpha value is -1.41. The summed E-state index contributed by atoms with van der Waals surface area (Å²) in [7, 11) is -2.03. The third-order valence-electron chi connectivity index (χ3n) is 3.75. The minimum Gasteiger partial charge on any atom is -0.490 e. The third kappa shape index (κ3) is 10.5. The average Bonchev–Trinajstić information content (AvgIpc) is 2.63. The molecule has 1 aromatic rings. The largest absolute Gasteiger partial charge is 0.490 e. The number of benzene rings is 1. The van der Waals surface area contributed by atoms with Gasteiger partial charge in [0.2, 0.25) is 0 Å².